The van der Waals surface area contributed by atoms with Crippen LogP contribution in [-0.2, 0) is 4.74 Å². The van der Waals surface area contributed by atoms with Crippen molar-refractivity contribution in [2.24, 2.45) is 16.5 Å². The van der Waals surface area contributed by atoms with Gasteiger partial charge in [0.25, 0.3) is 6.02 Å². The molecule has 0 aromatic heterocycles. The molecule has 5 heteroatoms. The average Bonchev–Trinajstić information content (AvgIpc) is 1.58. The van der Waals surface area contributed by atoms with Crippen LogP contribution in [0.15, 0.2) is 4.99 Å². The summed E-state index contributed by atoms with van der Waals surface area (Å²) in [4.78, 5) is 3.35. The number of rotatable bonds is 1. The van der Waals surface area contributed by atoms with Gasteiger partial charge in [0.05, 0.1) is 6.10 Å². The molecule has 0 saturated heterocycles. The summed E-state index contributed by atoms with van der Waals surface area (Å²) in [6.07, 6.45) is -0.0388. The zero-order chi connectivity index (χ0) is 8.15. The van der Waals surface area contributed by atoms with Crippen LogP contribution < -0.4 is 11.5 Å². The number of ether oxygens (including phenoxy) is 1. The fourth-order valence-electron chi connectivity index (χ4n) is 0.387. The lowest BCUT2D eigenvalue weighted by Crippen LogP contribution is -2.23. The van der Waals surface area contributed by atoms with E-state index in [4.69, 9.17) is 21.6 Å². The minimum Gasteiger partial charge on any atom is -0.462 e. The topological polar surface area (TPSA) is 97.5 Å². The van der Waals surface area contributed by atoms with Gasteiger partial charge in [-0.1, -0.05) is 0 Å². The Balaban J connectivity index is 3.83. The first kappa shape index (κ1) is 8.74. The third-order valence-electron chi connectivity index (χ3n) is 0.587. The quantitative estimate of drug-likeness (QED) is 0.345. The molecule has 0 saturated carbocycles. The van der Waals surface area contributed by atoms with E-state index in [9.17, 15) is 0 Å². The van der Waals surface area contributed by atoms with E-state index < -0.39 is 0 Å². The first-order chi connectivity index (χ1) is 4.52. The Morgan fingerprint density at radius 3 is 2.30 bits per heavy atom. The third kappa shape index (κ3) is 4.89. The van der Waals surface area contributed by atoms with Crippen molar-refractivity contribution >= 4 is 12.0 Å². The number of amidine groups is 1. The van der Waals surface area contributed by atoms with Crippen molar-refractivity contribution in [1.29, 1.82) is 5.41 Å². The maximum atomic E-state index is 6.70. The Kier molecular flexibility index (Phi) is 3.24. The molecule has 0 aromatic carbocycles. The maximum Gasteiger partial charge on any atom is 0.290 e. The summed E-state index contributed by atoms with van der Waals surface area (Å²) in [5, 5.41) is 6.70. The molecule has 0 radical (unpaired) electrons. The van der Waals surface area contributed by atoms with Crippen molar-refractivity contribution in [3.8, 4) is 0 Å². The number of aliphatic imine (C=N–C) groups is 1. The molecule has 5 N–H and O–H groups in total. The van der Waals surface area contributed by atoms with Gasteiger partial charge in [-0.15, -0.1) is 0 Å². The van der Waals surface area contributed by atoms with Crippen LogP contribution in [0.5, 0.6) is 0 Å². The van der Waals surface area contributed by atoms with E-state index in [0.29, 0.717) is 0 Å². The molecule has 0 aliphatic rings. The second-order valence-corrected chi connectivity index (χ2v) is 2.00. The predicted molar refractivity (Wildman–Crippen MR) is 39.8 cm³/mol. The maximum absolute atomic E-state index is 6.70. The van der Waals surface area contributed by atoms with Crippen LogP contribution in [0.4, 0.5) is 0 Å². The van der Waals surface area contributed by atoms with Gasteiger partial charge in [-0.3, -0.25) is 5.41 Å². The standard InChI is InChI=1S/C5H12N4O/c1-3(2)10-5(8)9-4(6)7/h3H,1-2H3,(H5,6,7,8,9). The van der Waals surface area contributed by atoms with Crippen LogP contribution in [0.3, 0.4) is 0 Å². The highest BCUT2D eigenvalue weighted by atomic mass is 16.5. The lowest BCUT2D eigenvalue weighted by molar-refractivity contribution is 0.225. The molecule has 0 unspecified atom stereocenters. The van der Waals surface area contributed by atoms with E-state index in [1.165, 1.54) is 0 Å². The van der Waals surface area contributed by atoms with Crippen molar-refractivity contribution in [3.05, 3.63) is 0 Å². The fourth-order valence-corrected chi connectivity index (χ4v) is 0.387. The Hall–Kier alpha value is -1.26. The largest absolute Gasteiger partial charge is 0.462 e. The number of nitrogens with one attached hydrogen (secondary N) is 1. The molecule has 0 fully saturated rings. The molecule has 58 valence electrons. The van der Waals surface area contributed by atoms with Crippen LogP contribution in [0.2, 0.25) is 0 Å². The molecular weight excluding hydrogens is 132 g/mol. The zero-order valence-corrected chi connectivity index (χ0v) is 6.09. The van der Waals surface area contributed by atoms with Gasteiger partial charge in [0.1, 0.15) is 0 Å². The van der Waals surface area contributed by atoms with Gasteiger partial charge in [-0.25, -0.2) is 0 Å². The molecular formula is C5H12N4O. The van der Waals surface area contributed by atoms with Crippen molar-refractivity contribution in [2.75, 3.05) is 0 Å². The van der Waals surface area contributed by atoms with E-state index in [1.807, 2.05) is 13.8 Å². The summed E-state index contributed by atoms with van der Waals surface area (Å²) in [7, 11) is 0. The van der Waals surface area contributed by atoms with Gasteiger partial charge in [-0.05, 0) is 13.8 Å². The molecule has 0 atom stereocenters. The number of hydrogen-bond donors (Lipinski definition) is 3. The van der Waals surface area contributed by atoms with Crippen molar-refractivity contribution in [1.82, 2.24) is 0 Å². The molecule has 0 amide bonds. The Labute approximate surface area is 59.6 Å². The molecule has 0 bridgehead atoms. The molecule has 0 heterocycles. The number of hydrogen-bond acceptors (Lipinski definition) is 2. The minimum absolute atomic E-state index is 0.0388. The van der Waals surface area contributed by atoms with Crippen LogP contribution in [0.25, 0.3) is 0 Å². The average molecular weight is 144 g/mol. The third-order valence-corrected chi connectivity index (χ3v) is 0.587. The molecule has 10 heavy (non-hydrogen) atoms. The minimum atomic E-state index is -0.349. The predicted octanol–water partition coefficient (Wildman–Crippen LogP) is -0.380. The van der Waals surface area contributed by atoms with Gasteiger partial charge in [-0.2, -0.15) is 4.99 Å². The fraction of sp³-hybridized carbons (Fsp3) is 0.600. The lowest BCUT2D eigenvalue weighted by Gasteiger charge is -2.06. The molecule has 0 aliphatic carbocycles. The van der Waals surface area contributed by atoms with Crippen molar-refractivity contribution in [2.45, 2.75) is 20.0 Å². The second-order valence-electron chi connectivity index (χ2n) is 2.00. The lowest BCUT2D eigenvalue weighted by atomic mass is 10.5. The van der Waals surface area contributed by atoms with Crippen LogP contribution in [-0.4, -0.2) is 18.1 Å². The summed E-state index contributed by atoms with van der Waals surface area (Å²) < 4.78 is 4.87. The van der Waals surface area contributed by atoms with Crippen molar-refractivity contribution in [3.63, 3.8) is 0 Å². The molecule has 5 nitrogen and oxygen atoms in total. The van der Waals surface area contributed by atoms with Gasteiger partial charge in [0.15, 0.2) is 0 Å². The number of nitrogens with two attached hydrogens (primary N) is 2. The summed E-state index contributed by atoms with van der Waals surface area (Å²) in [5.41, 5.74) is 10.1. The summed E-state index contributed by atoms with van der Waals surface area (Å²) in [5.74, 6) is -0.349. The van der Waals surface area contributed by atoms with Gasteiger partial charge >= 0.3 is 0 Å². The normalized spacial score (nSPS) is 11.7. The molecule has 0 aliphatic heterocycles. The zero-order valence-electron chi connectivity index (χ0n) is 6.09. The smallest absolute Gasteiger partial charge is 0.290 e. The SMILES string of the molecule is CC(C)O/C(N)=N/C(=N)N. The van der Waals surface area contributed by atoms with Crippen molar-refractivity contribution < 1.29 is 4.74 Å². The van der Waals surface area contributed by atoms with Gasteiger partial charge in [0.2, 0.25) is 5.96 Å². The number of guanidine groups is 1. The van der Waals surface area contributed by atoms with Crippen LogP contribution in [0.1, 0.15) is 13.8 Å². The summed E-state index contributed by atoms with van der Waals surface area (Å²) in [6.45, 7) is 3.62. The number of nitrogens with zero attached hydrogens (tertiary/aromatic N) is 1. The first-order valence-electron chi connectivity index (χ1n) is 2.87. The second kappa shape index (κ2) is 3.71. The molecule has 0 aromatic rings. The van der Waals surface area contributed by atoms with E-state index in [2.05, 4.69) is 4.99 Å². The summed E-state index contributed by atoms with van der Waals surface area (Å²) >= 11 is 0. The first-order valence-corrected chi connectivity index (χ1v) is 2.87. The Morgan fingerprint density at radius 2 is 2.00 bits per heavy atom. The Morgan fingerprint density at radius 1 is 1.50 bits per heavy atom. The van der Waals surface area contributed by atoms with Crippen LogP contribution in [0, 0.1) is 5.41 Å². The van der Waals surface area contributed by atoms with E-state index >= 15 is 0 Å². The Bertz CT molecular complexity index is 152. The van der Waals surface area contributed by atoms with E-state index in [1.54, 1.807) is 0 Å². The highest BCUT2D eigenvalue weighted by Gasteiger charge is 1.96. The van der Waals surface area contributed by atoms with Gasteiger partial charge in [0, 0.05) is 0 Å². The van der Waals surface area contributed by atoms with E-state index in [0.717, 1.165) is 0 Å². The van der Waals surface area contributed by atoms with Gasteiger partial charge < -0.3 is 16.2 Å². The molecule has 0 rings (SSSR count). The summed E-state index contributed by atoms with van der Waals surface area (Å²) in [6, 6.07) is -0.0671. The van der Waals surface area contributed by atoms with Crippen LogP contribution >= 0.6 is 0 Å². The monoisotopic (exact) mass is 144 g/mol. The van der Waals surface area contributed by atoms with E-state index in [-0.39, 0.29) is 18.1 Å². The molecule has 0 spiro atoms. The highest BCUT2D eigenvalue weighted by Crippen LogP contribution is 1.85. The highest BCUT2D eigenvalue weighted by molar-refractivity contribution is 5.88.